The molecule has 0 radical (unpaired) electrons. The molecule has 0 aliphatic carbocycles. The molecule has 2 aromatic rings. The lowest BCUT2D eigenvalue weighted by atomic mass is 9.92. The molecule has 1 saturated heterocycles. The van der Waals surface area contributed by atoms with Crippen LogP contribution in [0.1, 0.15) is 25.3 Å². The number of rotatable bonds is 3. The molecule has 0 spiro atoms. The molecule has 1 aromatic carbocycles. The third kappa shape index (κ3) is 2.44. The first-order valence-corrected chi connectivity index (χ1v) is 7.43. The topological polar surface area (TPSA) is 21.3 Å². The van der Waals surface area contributed by atoms with Gasteiger partial charge in [0.05, 0.1) is 0 Å². The molecule has 0 unspecified atom stereocenters. The average molecular weight is 261 g/mol. The van der Waals surface area contributed by atoms with Crippen molar-refractivity contribution in [1.29, 1.82) is 0 Å². The fourth-order valence-electron chi connectivity index (χ4n) is 2.48. The average Bonchev–Trinajstić information content (AvgIpc) is 2.81. The summed E-state index contributed by atoms with van der Waals surface area (Å²) >= 11 is 1.83. The Kier molecular flexibility index (Phi) is 3.37. The van der Waals surface area contributed by atoms with E-state index in [1.54, 1.807) is 0 Å². The van der Waals surface area contributed by atoms with Crippen LogP contribution in [0.25, 0.3) is 10.1 Å². The fourth-order valence-corrected chi connectivity index (χ4v) is 3.44. The van der Waals surface area contributed by atoms with Gasteiger partial charge in [0.2, 0.25) is 0 Å². The number of nitrogens with one attached hydrogen (secondary N) is 1. The second-order valence-electron chi connectivity index (χ2n) is 5.28. The summed E-state index contributed by atoms with van der Waals surface area (Å²) in [6, 6.07) is 8.64. The number of hydrogen-bond acceptors (Lipinski definition) is 3. The van der Waals surface area contributed by atoms with Gasteiger partial charge in [-0.2, -0.15) is 0 Å². The van der Waals surface area contributed by atoms with Gasteiger partial charge in [0.1, 0.15) is 0 Å². The third-order valence-electron chi connectivity index (χ3n) is 3.86. The van der Waals surface area contributed by atoms with Crippen molar-refractivity contribution in [1.82, 2.24) is 5.32 Å². The lowest BCUT2D eigenvalue weighted by Gasteiger charge is -2.34. The molecule has 1 N–H and O–H groups in total. The number of hydrogen-bond donors (Lipinski definition) is 1. The van der Waals surface area contributed by atoms with Gasteiger partial charge in [-0.25, -0.2) is 0 Å². The molecule has 0 bridgehead atoms. The van der Waals surface area contributed by atoms with Crippen LogP contribution in [-0.2, 0) is 11.3 Å². The molecule has 0 saturated carbocycles. The molecular formula is C15H19NOS. The second kappa shape index (κ2) is 5.00. The van der Waals surface area contributed by atoms with Gasteiger partial charge in [0, 0.05) is 30.0 Å². The highest BCUT2D eigenvalue weighted by Gasteiger charge is 2.26. The zero-order valence-electron chi connectivity index (χ0n) is 10.7. The highest BCUT2D eigenvalue weighted by atomic mass is 32.1. The standard InChI is InChI=1S/C15H19NOS/c1-15(6-8-17-9-7-15)16-10-12-11-18-14-5-3-2-4-13(12)14/h2-5,11,16H,6-10H2,1H3. The Bertz CT molecular complexity index is 528. The monoisotopic (exact) mass is 261 g/mol. The summed E-state index contributed by atoms with van der Waals surface area (Å²) in [6.45, 7) is 5.03. The Morgan fingerprint density at radius 3 is 2.89 bits per heavy atom. The van der Waals surface area contributed by atoms with Crippen LogP contribution in [0.3, 0.4) is 0 Å². The van der Waals surface area contributed by atoms with Crippen molar-refractivity contribution in [2.24, 2.45) is 0 Å². The van der Waals surface area contributed by atoms with E-state index in [0.717, 1.165) is 32.6 Å². The summed E-state index contributed by atoms with van der Waals surface area (Å²) in [7, 11) is 0. The van der Waals surface area contributed by atoms with Gasteiger partial charge in [0.25, 0.3) is 0 Å². The normalized spacial score (nSPS) is 19.2. The SMILES string of the molecule is CC1(NCc2csc3ccccc23)CCOCC1. The van der Waals surface area contributed by atoms with Crippen LogP contribution in [0.4, 0.5) is 0 Å². The van der Waals surface area contributed by atoms with E-state index in [0.29, 0.717) is 0 Å². The summed E-state index contributed by atoms with van der Waals surface area (Å²) in [6.07, 6.45) is 2.21. The molecule has 1 aliphatic heterocycles. The van der Waals surface area contributed by atoms with Crippen molar-refractivity contribution < 1.29 is 4.74 Å². The molecular weight excluding hydrogens is 242 g/mol. The van der Waals surface area contributed by atoms with Gasteiger partial charge < -0.3 is 10.1 Å². The van der Waals surface area contributed by atoms with Gasteiger partial charge in [-0.1, -0.05) is 18.2 Å². The minimum absolute atomic E-state index is 0.237. The van der Waals surface area contributed by atoms with Crippen LogP contribution in [-0.4, -0.2) is 18.8 Å². The minimum Gasteiger partial charge on any atom is -0.381 e. The second-order valence-corrected chi connectivity index (χ2v) is 6.19. The van der Waals surface area contributed by atoms with E-state index in [1.807, 2.05) is 11.3 Å². The van der Waals surface area contributed by atoms with Crippen molar-refractivity contribution in [3.63, 3.8) is 0 Å². The molecule has 3 rings (SSSR count). The summed E-state index contributed by atoms with van der Waals surface area (Å²) in [5.74, 6) is 0. The molecule has 1 aliphatic rings. The zero-order chi connectivity index (χ0) is 12.4. The van der Waals surface area contributed by atoms with Gasteiger partial charge in [-0.05, 0) is 42.2 Å². The third-order valence-corrected chi connectivity index (χ3v) is 4.88. The summed E-state index contributed by atoms with van der Waals surface area (Å²) in [4.78, 5) is 0. The van der Waals surface area contributed by atoms with Crippen molar-refractivity contribution in [2.45, 2.75) is 31.8 Å². The molecule has 3 heteroatoms. The molecule has 0 atom stereocenters. The number of benzene rings is 1. The lowest BCUT2D eigenvalue weighted by Crippen LogP contribution is -2.46. The quantitative estimate of drug-likeness (QED) is 0.912. The maximum atomic E-state index is 5.43. The first kappa shape index (κ1) is 12.2. The van der Waals surface area contributed by atoms with E-state index < -0.39 is 0 Å². The van der Waals surface area contributed by atoms with Crippen molar-refractivity contribution in [3.8, 4) is 0 Å². The van der Waals surface area contributed by atoms with E-state index in [4.69, 9.17) is 4.74 Å². The zero-order valence-corrected chi connectivity index (χ0v) is 11.6. The van der Waals surface area contributed by atoms with Crippen LogP contribution in [0.15, 0.2) is 29.6 Å². The lowest BCUT2D eigenvalue weighted by molar-refractivity contribution is 0.0447. The molecule has 18 heavy (non-hydrogen) atoms. The molecule has 1 aromatic heterocycles. The van der Waals surface area contributed by atoms with E-state index in [-0.39, 0.29) is 5.54 Å². The van der Waals surface area contributed by atoms with Gasteiger partial charge >= 0.3 is 0 Å². The van der Waals surface area contributed by atoms with Gasteiger partial charge in [-0.15, -0.1) is 11.3 Å². The van der Waals surface area contributed by atoms with Gasteiger partial charge in [-0.3, -0.25) is 0 Å². The van der Waals surface area contributed by atoms with Gasteiger partial charge in [0.15, 0.2) is 0 Å². The highest BCUT2D eigenvalue weighted by molar-refractivity contribution is 7.17. The maximum Gasteiger partial charge on any atom is 0.0483 e. The van der Waals surface area contributed by atoms with E-state index in [9.17, 15) is 0 Å². The Morgan fingerprint density at radius 2 is 2.06 bits per heavy atom. The Labute approximate surface area is 112 Å². The van der Waals surface area contributed by atoms with Crippen LogP contribution in [0, 0.1) is 0 Å². The first-order chi connectivity index (χ1) is 8.77. The van der Waals surface area contributed by atoms with Crippen LogP contribution in [0.2, 0.25) is 0 Å². The smallest absolute Gasteiger partial charge is 0.0483 e. The predicted octanol–water partition coefficient (Wildman–Crippen LogP) is 3.56. The Morgan fingerprint density at radius 1 is 1.28 bits per heavy atom. The molecule has 2 heterocycles. The minimum atomic E-state index is 0.237. The Balaban J connectivity index is 1.73. The molecule has 1 fully saturated rings. The van der Waals surface area contributed by atoms with Crippen molar-refractivity contribution in [3.05, 3.63) is 35.2 Å². The summed E-state index contributed by atoms with van der Waals surface area (Å²) < 4.78 is 6.82. The van der Waals surface area contributed by atoms with Crippen LogP contribution >= 0.6 is 11.3 Å². The fraction of sp³-hybridized carbons (Fsp3) is 0.467. The van der Waals surface area contributed by atoms with Crippen LogP contribution in [0.5, 0.6) is 0 Å². The van der Waals surface area contributed by atoms with E-state index in [1.165, 1.54) is 15.6 Å². The molecule has 96 valence electrons. The summed E-state index contributed by atoms with van der Waals surface area (Å²) in [5.41, 5.74) is 1.66. The number of fused-ring (bicyclic) bond motifs is 1. The molecule has 0 amide bonds. The maximum absolute atomic E-state index is 5.43. The predicted molar refractivity (Wildman–Crippen MR) is 77.1 cm³/mol. The number of ether oxygens (including phenoxy) is 1. The van der Waals surface area contributed by atoms with Crippen LogP contribution < -0.4 is 5.32 Å². The van der Waals surface area contributed by atoms with Crippen molar-refractivity contribution >= 4 is 21.4 Å². The van der Waals surface area contributed by atoms with E-state index >= 15 is 0 Å². The largest absolute Gasteiger partial charge is 0.381 e. The molecule has 2 nitrogen and oxygen atoms in total. The first-order valence-electron chi connectivity index (χ1n) is 6.55. The highest BCUT2D eigenvalue weighted by Crippen LogP contribution is 2.27. The van der Waals surface area contributed by atoms with E-state index in [2.05, 4.69) is 41.9 Å². The Hall–Kier alpha value is -0.900. The number of thiophene rings is 1. The van der Waals surface area contributed by atoms with Crippen molar-refractivity contribution in [2.75, 3.05) is 13.2 Å². The summed E-state index contributed by atoms with van der Waals surface area (Å²) in [5, 5.41) is 7.39.